The summed E-state index contributed by atoms with van der Waals surface area (Å²) in [5, 5.41) is 9.31. The van der Waals surface area contributed by atoms with Crippen LogP contribution in [-0.2, 0) is 34.6 Å². The minimum atomic E-state index is -10.7. The van der Waals surface area contributed by atoms with Crippen LogP contribution in [0.25, 0.3) is 22.8 Å². The van der Waals surface area contributed by atoms with Gasteiger partial charge in [0, 0.05) is 47.0 Å². The van der Waals surface area contributed by atoms with Crippen LogP contribution in [-0.4, -0.2) is 31.4 Å². The first-order chi connectivity index (χ1) is 30.2. The molecule has 2 aromatic carbocycles. The van der Waals surface area contributed by atoms with Crippen molar-refractivity contribution in [2.75, 3.05) is 0 Å². The molecule has 0 fully saturated rings. The number of nitrogens with zero attached hydrogens (tertiary/aromatic N) is 6. The van der Waals surface area contributed by atoms with Crippen LogP contribution in [0.2, 0.25) is 0 Å². The molecule has 6 aromatic rings. The fourth-order valence-electron chi connectivity index (χ4n) is 5.65. The van der Waals surface area contributed by atoms with Gasteiger partial charge in [0.05, 0.1) is 22.8 Å². The van der Waals surface area contributed by atoms with Crippen molar-refractivity contribution in [1.82, 2.24) is 19.9 Å². The van der Waals surface area contributed by atoms with E-state index in [0.717, 1.165) is 56.5 Å². The Morgan fingerprint density at radius 3 is 0.773 bits per heavy atom. The van der Waals surface area contributed by atoms with Crippen LogP contribution in [0.4, 0.5) is 50.4 Å². The zero-order valence-electron chi connectivity index (χ0n) is 35.3. The molecule has 24 heteroatoms. The number of pyridine rings is 4. The number of fused-ring (bicyclic) bond motifs is 6. The van der Waals surface area contributed by atoms with Crippen LogP contribution in [0.15, 0.2) is 132 Å². The first-order valence-electron chi connectivity index (χ1n) is 18.7. The van der Waals surface area contributed by atoms with Gasteiger partial charge in [0.15, 0.2) is 0 Å². The number of rotatable bonds is 3. The molecule has 2 aliphatic carbocycles. The molecular formula is C42H40Cl2F12N6P2Ru2. The Morgan fingerprint density at radius 2 is 0.591 bits per heavy atom. The van der Waals surface area contributed by atoms with Gasteiger partial charge < -0.3 is 0 Å². The summed E-state index contributed by atoms with van der Waals surface area (Å²) >= 11 is 3.64. The quantitative estimate of drug-likeness (QED) is 0.0764. The molecule has 0 atom stereocenters. The van der Waals surface area contributed by atoms with E-state index in [9.17, 15) is 50.4 Å². The fraction of sp³-hybridized carbons (Fsp3) is 0.190. The minimum absolute atomic E-state index is 0.653. The average Bonchev–Trinajstić information content (AvgIpc) is 3.72. The summed E-state index contributed by atoms with van der Waals surface area (Å²) in [5.74, 6) is 1.31. The fourth-order valence-corrected chi connectivity index (χ4v) is 5.65. The van der Waals surface area contributed by atoms with E-state index in [-0.39, 0.29) is 0 Å². The van der Waals surface area contributed by atoms with E-state index in [1.807, 2.05) is 83.2 Å². The SMILES string of the molecule is Cc1ccc(C(C)C)cc1.Cc1ccc(C(C)C)cc1.F[P-](F)(F)(F)(F)F.F[P-](F)(F)(F)(F)F.[Cl][Ru+].[Cl][Ru+].c1cnc2c(c1)C(=NN=C1c3cccnc3-c3ncccc31)c1cccnc1-2. The van der Waals surface area contributed by atoms with E-state index in [4.69, 9.17) is 0 Å². The molecule has 4 heterocycles. The summed E-state index contributed by atoms with van der Waals surface area (Å²) < 4.78 is 118. The summed E-state index contributed by atoms with van der Waals surface area (Å²) in [6.07, 6.45) is 7.08. The summed E-state index contributed by atoms with van der Waals surface area (Å²) in [5.41, 5.74) is 14.2. The second-order valence-corrected chi connectivity index (χ2v) is 18.4. The van der Waals surface area contributed by atoms with Crippen molar-refractivity contribution >= 4 is 46.4 Å². The Kier molecular flexibility index (Phi) is 19.5. The zero-order chi connectivity index (χ0) is 50.4. The molecule has 66 heavy (non-hydrogen) atoms. The van der Waals surface area contributed by atoms with Gasteiger partial charge >= 0.3 is 120 Å². The Bertz CT molecular complexity index is 2310. The van der Waals surface area contributed by atoms with Crippen LogP contribution >= 0.6 is 35.0 Å². The second-order valence-electron chi connectivity index (χ2n) is 14.5. The number of halogens is 14. The Morgan fingerprint density at radius 1 is 0.394 bits per heavy atom. The zero-order valence-corrected chi connectivity index (χ0v) is 42.1. The van der Waals surface area contributed by atoms with Crippen molar-refractivity contribution in [2.45, 2.75) is 53.4 Å². The van der Waals surface area contributed by atoms with Gasteiger partial charge in [-0.15, -0.1) is 10.2 Å². The molecule has 0 N–H and O–H groups in total. The predicted molar refractivity (Wildman–Crippen MR) is 236 cm³/mol. The molecule has 0 amide bonds. The van der Waals surface area contributed by atoms with Crippen molar-refractivity contribution < 1.29 is 85.0 Å². The van der Waals surface area contributed by atoms with Crippen molar-refractivity contribution in [3.05, 3.63) is 166 Å². The molecule has 0 saturated heterocycles. The van der Waals surface area contributed by atoms with Gasteiger partial charge in [0.1, 0.15) is 11.4 Å². The molecular weight excluding hydrogens is 1150 g/mol. The van der Waals surface area contributed by atoms with E-state index in [0.29, 0.717) is 11.8 Å². The summed E-state index contributed by atoms with van der Waals surface area (Å²) in [6.45, 7) is 13.1. The van der Waals surface area contributed by atoms with Gasteiger partial charge in [-0.1, -0.05) is 87.4 Å². The molecule has 8 rings (SSSR count). The van der Waals surface area contributed by atoms with Crippen LogP contribution < -0.4 is 0 Å². The third kappa shape index (κ3) is 22.3. The van der Waals surface area contributed by atoms with Crippen molar-refractivity contribution in [3.63, 3.8) is 0 Å². The van der Waals surface area contributed by atoms with E-state index in [1.54, 1.807) is 24.8 Å². The third-order valence-corrected chi connectivity index (χ3v) is 8.44. The molecule has 4 aromatic heterocycles. The molecule has 0 aliphatic heterocycles. The van der Waals surface area contributed by atoms with Gasteiger partial charge in [-0.05, 0) is 85.3 Å². The number of benzene rings is 2. The maximum atomic E-state index is 9.87. The van der Waals surface area contributed by atoms with Crippen LogP contribution in [0.1, 0.15) is 84.0 Å². The van der Waals surface area contributed by atoms with E-state index in [1.165, 1.54) is 22.3 Å². The molecule has 0 bridgehead atoms. The van der Waals surface area contributed by atoms with Crippen LogP contribution in [0, 0.1) is 13.8 Å². The van der Waals surface area contributed by atoms with Crippen molar-refractivity contribution in [3.8, 4) is 22.8 Å². The number of hydrogen-bond donors (Lipinski definition) is 0. The van der Waals surface area contributed by atoms with Gasteiger partial charge in [-0.2, -0.15) is 0 Å². The average molecular weight is 1190 g/mol. The van der Waals surface area contributed by atoms with Crippen molar-refractivity contribution in [2.24, 2.45) is 10.2 Å². The standard InChI is InChI=1S/C22H12N6.2C10H14.2ClH.2F6P.2Ru/c1-5-13-17(14-6-2-10-24-20(14)19(13)23-9-1)27-28-18-15-7-3-11-25-21(15)22-16(18)8-4-12-26-22;2*1-8(2)10-6-4-9(3)5-7-10;;;2*1-7(2,3,4,5)6;;/h1-12H;2*4-8H,1-3H3;2*1H;;;;/q;;;;;2*-1;2*+2/p-2. The smallest absolute Gasteiger partial charge is 0.105 e. The summed E-state index contributed by atoms with van der Waals surface area (Å²) in [4.78, 5) is 18.0. The second kappa shape index (κ2) is 22.1. The summed E-state index contributed by atoms with van der Waals surface area (Å²) in [6, 6.07) is 33.1. The van der Waals surface area contributed by atoms with Gasteiger partial charge in [0.25, 0.3) is 0 Å². The number of aromatic nitrogens is 4. The Labute approximate surface area is 401 Å². The Balaban J connectivity index is 0.000000326. The summed E-state index contributed by atoms with van der Waals surface area (Å²) in [7, 11) is -12.2. The maximum absolute atomic E-state index is 10.7. The van der Waals surface area contributed by atoms with Gasteiger partial charge in [0.2, 0.25) is 0 Å². The van der Waals surface area contributed by atoms with Gasteiger partial charge in [-0.25, -0.2) is 0 Å². The van der Waals surface area contributed by atoms with Crippen LogP contribution in [0.5, 0.6) is 0 Å². The minimum Gasteiger partial charge on any atom is -0.254 e. The number of hydrogen-bond acceptors (Lipinski definition) is 6. The predicted octanol–water partition coefficient (Wildman–Crippen LogP) is 17.9. The van der Waals surface area contributed by atoms with E-state index < -0.39 is 15.6 Å². The van der Waals surface area contributed by atoms with Crippen molar-refractivity contribution in [1.29, 1.82) is 0 Å². The molecule has 0 radical (unpaired) electrons. The molecule has 0 spiro atoms. The molecule has 6 nitrogen and oxygen atoms in total. The molecule has 0 saturated carbocycles. The van der Waals surface area contributed by atoms with Crippen LogP contribution in [0.3, 0.4) is 0 Å². The number of aryl methyl sites for hydroxylation is 2. The Hall–Kier alpha value is -3.77. The largest absolute Gasteiger partial charge is 0.254 e. The monoisotopic (exact) mass is 1190 g/mol. The maximum Gasteiger partial charge on any atom is 0.105 e. The van der Waals surface area contributed by atoms with E-state index in [2.05, 4.69) is 140 Å². The van der Waals surface area contributed by atoms with E-state index >= 15 is 0 Å². The normalized spacial score (nSPS) is 13.7. The first kappa shape index (κ1) is 58.4. The van der Waals surface area contributed by atoms with Gasteiger partial charge in [-0.3, -0.25) is 19.9 Å². The third-order valence-electron chi connectivity index (χ3n) is 8.44. The molecule has 0 unspecified atom stereocenters. The molecule has 2 aliphatic rings. The topological polar surface area (TPSA) is 76.3 Å². The molecule has 362 valence electrons. The first-order valence-corrected chi connectivity index (χ1v) is 27.3.